The van der Waals surface area contributed by atoms with Crippen LogP contribution in [0.4, 0.5) is 0 Å². The molecule has 0 bridgehead atoms. The molecule has 2 heteroatoms. The minimum atomic E-state index is 0. The van der Waals surface area contributed by atoms with Crippen LogP contribution < -0.4 is 0 Å². The summed E-state index contributed by atoms with van der Waals surface area (Å²) >= 11 is 0. The molecule has 0 fully saturated rings. The van der Waals surface area contributed by atoms with Gasteiger partial charge in [0.1, 0.15) is 0 Å². The molecule has 0 nitrogen and oxygen atoms in total. The summed E-state index contributed by atoms with van der Waals surface area (Å²) in [5.41, 5.74) is 0.917. The van der Waals surface area contributed by atoms with Crippen LogP contribution in [0.5, 0.6) is 0 Å². The van der Waals surface area contributed by atoms with Crippen LogP contribution in [-0.4, -0.2) is 0 Å². The van der Waals surface area contributed by atoms with E-state index in [1.54, 1.807) is 0 Å². The Kier molecular flexibility index (Phi) is 25.4. The third kappa shape index (κ3) is 48.4. The molecule has 6 heavy (non-hydrogen) atoms. The van der Waals surface area contributed by atoms with E-state index in [9.17, 15) is 0 Å². The van der Waals surface area contributed by atoms with Crippen molar-refractivity contribution in [2.24, 2.45) is 0 Å². The SMILES string of the molecule is [CH-]=C(C)C.[W].[Y]. The van der Waals surface area contributed by atoms with E-state index in [2.05, 4.69) is 0 Å². The molecule has 0 saturated heterocycles. The van der Waals surface area contributed by atoms with E-state index >= 15 is 0 Å². The van der Waals surface area contributed by atoms with E-state index in [1.165, 1.54) is 0 Å². The van der Waals surface area contributed by atoms with E-state index < -0.39 is 0 Å². The molecule has 0 N–H and O–H groups in total. The molecule has 0 rings (SSSR count). The number of hydrogen-bond acceptors (Lipinski definition) is 0. The summed E-state index contributed by atoms with van der Waals surface area (Å²) in [5, 5.41) is 0. The fourth-order valence-electron chi connectivity index (χ4n) is 0. The Morgan fingerprint density at radius 2 is 1.33 bits per heavy atom. The molecule has 0 aromatic carbocycles. The van der Waals surface area contributed by atoms with Crippen LogP contribution in [0.1, 0.15) is 13.8 Å². The third-order valence-corrected chi connectivity index (χ3v) is 0. The molecule has 0 aliphatic carbocycles. The molecule has 0 unspecified atom stereocenters. The van der Waals surface area contributed by atoms with E-state index in [0.717, 1.165) is 5.57 Å². The van der Waals surface area contributed by atoms with Crippen molar-refractivity contribution in [2.75, 3.05) is 0 Å². The molecular weight excluding hydrogens is 321 g/mol. The maximum Gasteiger partial charge on any atom is 0 e. The Bertz CT molecular complexity index is 30.5. The van der Waals surface area contributed by atoms with Gasteiger partial charge in [0.2, 0.25) is 0 Å². The molecule has 33 valence electrons. The summed E-state index contributed by atoms with van der Waals surface area (Å²) in [6, 6.07) is 0. The van der Waals surface area contributed by atoms with Crippen molar-refractivity contribution in [1.82, 2.24) is 0 Å². The van der Waals surface area contributed by atoms with Gasteiger partial charge in [0, 0.05) is 53.8 Å². The van der Waals surface area contributed by atoms with Crippen LogP contribution in [-0.2, 0) is 53.8 Å². The molecule has 0 atom stereocenters. The Hall–Kier alpha value is 1.53. The van der Waals surface area contributed by atoms with Gasteiger partial charge in [-0.05, 0) is 0 Å². The van der Waals surface area contributed by atoms with Gasteiger partial charge in [-0.25, -0.2) is 0 Å². The molecule has 0 aromatic heterocycles. The van der Waals surface area contributed by atoms with Crippen molar-refractivity contribution >= 4 is 0 Å². The van der Waals surface area contributed by atoms with E-state index in [1.807, 2.05) is 13.8 Å². The molecule has 0 aliphatic heterocycles. The van der Waals surface area contributed by atoms with Gasteiger partial charge in [0.05, 0.1) is 0 Å². The minimum Gasteiger partial charge on any atom is -0.515 e. The van der Waals surface area contributed by atoms with Crippen LogP contribution in [0, 0.1) is 6.58 Å². The number of allylic oxidation sites excluding steroid dienone is 1. The van der Waals surface area contributed by atoms with E-state index in [4.69, 9.17) is 6.58 Å². The second-order valence-electron chi connectivity index (χ2n) is 1.08. The van der Waals surface area contributed by atoms with Crippen molar-refractivity contribution in [3.8, 4) is 0 Å². The molecule has 0 spiro atoms. The monoisotopic (exact) mass is 328 g/mol. The van der Waals surface area contributed by atoms with Crippen molar-refractivity contribution < 1.29 is 53.8 Å². The maximum atomic E-state index is 5.03. The zero-order valence-corrected chi connectivity index (χ0v) is 9.83. The van der Waals surface area contributed by atoms with Crippen LogP contribution in [0.3, 0.4) is 0 Å². The summed E-state index contributed by atoms with van der Waals surface area (Å²) in [4.78, 5) is 0. The topological polar surface area (TPSA) is 0 Å². The first-order valence-corrected chi connectivity index (χ1v) is 1.29. The standard InChI is InChI=1S/C4H7.W.Y/c1-4(2)3;;/h1H,2-3H3;;/q-1;;. The average molecular weight is 328 g/mol. The number of rotatable bonds is 0. The third-order valence-electron chi connectivity index (χ3n) is 0. The van der Waals surface area contributed by atoms with Crippen molar-refractivity contribution in [3.63, 3.8) is 0 Å². The summed E-state index contributed by atoms with van der Waals surface area (Å²) in [6.07, 6.45) is 0. The Morgan fingerprint density at radius 3 is 1.33 bits per heavy atom. The van der Waals surface area contributed by atoms with Crippen LogP contribution >= 0.6 is 0 Å². The van der Waals surface area contributed by atoms with Crippen molar-refractivity contribution in [2.45, 2.75) is 13.8 Å². The van der Waals surface area contributed by atoms with Gasteiger partial charge in [-0.3, -0.25) is 5.57 Å². The van der Waals surface area contributed by atoms with Gasteiger partial charge < -0.3 is 6.58 Å². The van der Waals surface area contributed by atoms with Crippen LogP contribution in [0.25, 0.3) is 0 Å². The van der Waals surface area contributed by atoms with E-state index in [-0.39, 0.29) is 53.8 Å². The van der Waals surface area contributed by atoms with Crippen LogP contribution in [0.15, 0.2) is 5.57 Å². The molecule has 0 saturated carbocycles. The smallest absolute Gasteiger partial charge is 0 e. The quantitative estimate of drug-likeness (QED) is 0.590. The number of hydrogen-bond donors (Lipinski definition) is 0. The minimum absolute atomic E-state index is 0. The summed E-state index contributed by atoms with van der Waals surface area (Å²) < 4.78 is 0. The van der Waals surface area contributed by atoms with Crippen molar-refractivity contribution in [1.29, 1.82) is 0 Å². The Morgan fingerprint density at radius 1 is 1.33 bits per heavy atom. The fourth-order valence-corrected chi connectivity index (χ4v) is 0. The largest absolute Gasteiger partial charge is 0.515 e. The second-order valence-corrected chi connectivity index (χ2v) is 1.08. The van der Waals surface area contributed by atoms with Gasteiger partial charge in [-0.2, -0.15) is 0 Å². The second kappa shape index (κ2) is 9.73. The van der Waals surface area contributed by atoms with E-state index in [0.29, 0.717) is 0 Å². The first-order chi connectivity index (χ1) is 1.73. The van der Waals surface area contributed by atoms with Gasteiger partial charge >= 0.3 is 0 Å². The molecule has 0 aromatic rings. The zero-order valence-electron chi connectivity index (χ0n) is 4.06. The zero-order chi connectivity index (χ0) is 3.58. The molecule has 0 aliphatic rings. The first kappa shape index (κ1) is 15.6. The fraction of sp³-hybridized carbons (Fsp3) is 0.500. The first-order valence-electron chi connectivity index (χ1n) is 1.29. The summed E-state index contributed by atoms with van der Waals surface area (Å²) in [5.74, 6) is 0. The van der Waals surface area contributed by atoms with Crippen molar-refractivity contribution in [3.05, 3.63) is 12.2 Å². The predicted octanol–water partition coefficient (Wildman–Crippen LogP) is 1.38. The molecule has 0 amide bonds. The molecule has 0 heterocycles. The molecule has 1 radical (unpaired) electrons. The predicted molar refractivity (Wildman–Crippen MR) is 19.2 cm³/mol. The van der Waals surface area contributed by atoms with Gasteiger partial charge in [-0.1, -0.05) is 13.8 Å². The maximum absolute atomic E-state index is 5.03. The van der Waals surface area contributed by atoms with Gasteiger partial charge in [0.25, 0.3) is 0 Å². The normalized spacial score (nSPS) is 4.33. The summed E-state index contributed by atoms with van der Waals surface area (Å²) in [7, 11) is 0. The Labute approximate surface area is 78.9 Å². The van der Waals surface area contributed by atoms with Gasteiger partial charge in [-0.15, -0.1) is 0 Å². The van der Waals surface area contributed by atoms with Crippen LogP contribution in [0.2, 0.25) is 0 Å². The average Bonchev–Trinajstić information content (AvgIpc) is 0.811. The van der Waals surface area contributed by atoms with Gasteiger partial charge in [0.15, 0.2) is 0 Å². The molecular formula is C4H7WY-. The Balaban J connectivity index is -0.0000000450. The summed E-state index contributed by atoms with van der Waals surface area (Å²) in [6.45, 7) is 8.75.